The normalized spacial score (nSPS) is 17.1. The number of sulfonamides is 1. The second-order valence-corrected chi connectivity index (χ2v) is 10.6. The minimum absolute atomic E-state index is 0.236. The zero-order valence-electron chi connectivity index (χ0n) is 19.4. The maximum Gasteiger partial charge on any atom is 0.243 e. The van der Waals surface area contributed by atoms with Crippen LogP contribution >= 0.6 is 0 Å². The van der Waals surface area contributed by atoms with Crippen molar-refractivity contribution in [3.8, 4) is 17.1 Å². The zero-order chi connectivity index (χ0) is 23.5. The maximum absolute atomic E-state index is 13.5. The van der Waals surface area contributed by atoms with E-state index in [2.05, 4.69) is 9.88 Å². The molecule has 34 heavy (non-hydrogen) atoms. The molecule has 0 spiro atoms. The van der Waals surface area contributed by atoms with E-state index in [4.69, 9.17) is 14.7 Å². The van der Waals surface area contributed by atoms with Crippen molar-refractivity contribution in [1.82, 2.24) is 19.3 Å². The van der Waals surface area contributed by atoms with Gasteiger partial charge in [0.1, 0.15) is 11.6 Å². The summed E-state index contributed by atoms with van der Waals surface area (Å²) in [5, 5.41) is 0. The first-order valence-corrected chi connectivity index (χ1v) is 13.2. The Hall–Kier alpha value is -3.04. The monoisotopic (exact) mass is 479 g/mol. The summed E-state index contributed by atoms with van der Waals surface area (Å²) in [6.07, 6.45) is 8.66. The van der Waals surface area contributed by atoms with Crippen molar-refractivity contribution in [2.75, 3.05) is 31.6 Å². The fraction of sp³-hybridized carbons (Fsp3) is 0.400. The molecule has 1 fully saturated rings. The molecule has 1 saturated heterocycles. The molecule has 0 unspecified atom stereocenters. The topological polar surface area (TPSA) is 88.5 Å². The Morgan fingerprint density at radius 3 is 2.53 bits per heavy atom. The molecule has 1 aromatic carbocycles. The molecule has 4 heterocycles. The van der Waals surface area contributed by atoms with Gasteiger partial charge in [0.05, 0.1) is 17.7 Å². The lowest BCUT2D eigenvalue weighted by molar-refractivity contribution is 0.385. The molecular formula is C25H29N5O3S. The molecule has 0 amide bonds. The van der Waals surface area contributed by atoms with E-state index in [0.717, 1.165) is 48.6 Å². The Morgan fingerprint density at radius 1 is 0.971 bits per heavy atom. The lowest BCUT2D eigenvalue weighted by Gasteiger charge is -2.32. The predicted molar refractivity (Wildman–Crippen MR) is 130 cm³/mol. The van der Waals surface area contributed by atoms with Crippen LogP contribution in [0.2, 0.25) is 0 Å². The fourth-order valence-electron chi connectivity index (χ4n) is 4.66. The number of hydrogen-bond donors (Lipinski definition) is 0. The van der Waals surface area contributed by atoms with Gasteiger partial charge in [-0.3, -0.25) is 4.98 Å². The summed E-state index contributed by atoms with van der Waals surface area (Å²) in [4.78, 5) is 16.6. The molecule has 0 aliphatic carbocycles. The first-order valence-electron chi connectivity index (χ1n) is 11.8. The lowest BCUT2D eigenvalue weighted by atomic mass is 10.1. The number of benzene rings is 1. The van der Waals surface area contributed by atoms with Crippen LogP contribution < -0.4 is 9.64 Å². The third-order valence-electron chi connectivity index (χ3n) is 6.51. The van der Waals surface area contributed by atoms with Crippen LogP contribution in [-0.4, -0.2) is 54.4 Å². The van der Waals surface area contributed by atoms with E-state index < -0.39 is 10.0 Å². The lowest BCUT2D eigenvalue weighted by Crippen LogP contribution is -2.38. The van der Waals surface area contributed by atoms with Gasteiger partial charge in [-0.2, -0.15) is 4.31 Å². The van der Waals surface area contributed by atoms with E-state index in [1.54, 1.807) is 41.0 Å². The summed E-state index contributed by atoms with van der Waals surface area (Å²) < 4.78 is 33.8. The van der Waals surface area contributed by atoms with Gasteiger partial charge in [0.25, 0.3) is 0 Å². The number of rotatable bonds is 5. The summed E-state index contributed by atoms with van der Waals surface area (Å²) in [5.41, 5.74) is 2.70. The highest BCUT2D eigenvalue weighted by atomic mass is 32.2. The summed E-state index contributed by atoms with van der Waals surface area (Å²) >= 11 is 0. The van der Waals surface area contributed by atoms with Crippen molar-refractivity contribution in [1.29, 1.82) is 0 Å². The second kappa shape index (κ2) is 9.68. The average Bonchev–Trinajstić information content (AvgIpc) is 3.18. The molecular weight excluding hydrogens is 450 g/mol. The number of methoxy groups -OCH3 is 1. The van der Waals surface area contributed by atoms with Gasteiger partial charge in [-0.15, -0.1) is 0 Å². The molecule has 3 aromatic rings. The first-order chi connectivity index (χ1) is 16.6. The Balaban J connectivity index is 1.55. The number of aromatic nitrogens is 3. The van der Waals surface area contributed by atoms with Crippen molar-refractivity contribution < 1.29 is 13.2 Å². The van der Waals surface area contributed by atoms with E-state index in [-0.39, 0.29) is 11.4 Å². The molecule has 9 heteroatoms. The predicted octanol–water partition coefficient (Wildman–Crippen LogP) is 3.67. The highest BCUT2D eigenvalue weighted by Crippen LogP contribution is 2.33. The van der Waals surface area contributed by atoms with E-state index in [9.17, 15) is 8.42 Å². The van der Waals surface area contributed by atoms with Crippen LogP contribution in [0.5, 0.6) is 5.75 Å². The van der Waals surface area contributed by atoms with Crippen molar-refractivity contribution in [2.24, 2.45) is 0 Å². The van der Waals surface area contributed by atoms with E-state index in [1.807, 2.05) is 12.1 Å². The molecule has 2 aromatic heterocycles. The molecule has 0 atom stereocenters. The van der Waals surface area contributed by atoms with E-state index in [1.165, 1.54) is 20.0 Å². The second-order valence-electron chi connectivity index (χ2n) is 8.71. The molecule has 0 bridgehead atoms. The van der Waals surface area contributed by atoms with Crippen molar-refractivity contribution in [3.63, 3.8) is 0 Å². The average molecular weight is 480 g/mol. The third-order valence-corrected chi connectivity index (χ3v) is 8.35. The summed E-state index contributed by atoms with van der Waals surface area (Å²) in [6, 6.07) is 10.5. The summed E-state index contributed by atoms with van der Waals surface area (Å²) in [5.74, 6) is 2.03. The van der Waals surface area contributed by atoms with Gasteiger partial charge in [-0.05, 0) is 37.1 Å². The van der Waals surface area contributed by atoms with Crippen molar-refractivity contribution in [3.05, 3.63) is 60.0 Å². The quantitative estimate of drug-likeness (QED) is 0.552. The standard InChI is InChI=1S/C25H29N5O3S/c1-33-20-9-6-10-21(16-20)34(31,32)30-15-11-23-22(18-30)25(29-13-4-2-3-5-14-29)28-24(27-23)19-8-7-12-26-17-19/h6-10,12,16-17H,2-5,11,13-15,18H2,1H3. The van der Waals surface area contributed by atoms with Gasteiger partial charge in [0.15, 0.2) is 5.82 Å². The number of nitrogens with zero attached hydrogens (tertiary/aromatic N) is 5. The smallest absolute Gasteiger partial charge is 0.243 e. The van der Waals surface area contributed by atoms with Gasteiger partial charge in [0.2, 0.25) is 10.0 Å². The van der Waals surface area contributed by atoms with Gasteiger partial charge in [-0.25, -0.2) is 18.4 Å². The van der Waals surface area contributed by atoms with Crippen LogP contribution in [0.15, 0.2) is 53.7 Å². The molecule has 5 rings (SSSR count). The Labute approximate surface area is 200 Å². The van der Waals surface area contributed by atoms with Crippen LogP contribution in [0.25, 0.3) is 11.4 Å². The van der Waals surface area contributed by atoms with Gasteiger partial charge in [-0.1, -0.05) is 18.9 Å². The Bertz CT molecular complexity index is 1260. The molecule has 2 aliphatic heterocycles. The van der Waals surface area contributed by atoms with Crippen molar-refractivity contribution in [2.45, 2.75) is 43.5 Å². The Kier molecular flexibility index (Phi) is 6.47. The first kappa shape index (κ1) is 22.7. The van der Waals surface area contributed by atoms with Gasteiger partial charge >= 0.3 is 0 Å². The van der Waals surface area contributed by atoms with Crippen molar-refractivity contribution >= 4 is 15.8 Å². The number of fused-ring (bicyclic) bond motifs is 1. The van der Waals surface area contributed by atoms with Crippen LogP contribution in [0, 0.1) is 0 Å². The highest BCUT2D eigenvalue weighted by Gasteiger charge is 2.33. The molecule has 2 aliphatic rings. The van der Waals surface area contributed by atoms with E-state index >= 15 is 0 Å². The van der Waals surface area contributed by atoms with E-state index in [0.29, 0.717) is 24.5 Å². The molecule has 0 N–H and O–H groups in total. The summed E-state index contributed by atoms with van der Waals surface area (Å²) in [7, 11) is -2.15. The third kappa shape index (κ3) is 4.50. The molecule has 8 nitrogen and oxygen atoms in total. The fourth-order valence-corrected chi connectivity index (χ4v) is 6.10. The number of hydrogen-bond acceptors (Lipinski definition) is 7. The molecule has 178 valence electrons. The number of anilines is 1. The number of pyridine rings is 1. The highest BCUT2D eigenvalue weighted by molar-refractivity contribution is 7.89. The SMILES string of the molecule is COc1cccc(S(=O)(=O)N2CCc3nc(-c4cccnc4)nc(N4CCCCCC4)c3C2)c1. The van der Waals surface area contributed by atoms with Crippen LogP contribution in [0.4, 0.5) is 5.82 Å². The largest absolute Gasteiger partial charge is 0.497 e. The van der Waals surface area contributed by atoms with Gasteiger partial charge in [0, 0.05) is 62.2 Å². The van der Waals surface area contributed by atoms with Crippen LogP contribution in [0.1, 0.15) is 36.9 Å². The van der Waals surface area contributed by atoms with Gasteiger partial charge < -0.3 is 9.64 Å². The number of ether oxygens (including phenoxy) is 1. The maximum atomic E-state index is 13.5. The van der Waals surface area contributed by atoms with Crippen LogP contribution in [0.3, 0.4) is 0 Å². The zero-order valence-corrected chi connectivity index (χ0v) is 20.2. The molecule has 0 saturated carbocycles. The van der Waals surface area contributed by atoms with Crippen LogP contribution in [-0.2, 0) is 23.0 Å². The molecule has 0 radical (unpaired) electrons. The Morgan fingerprint density at radius 2 is 1.79 bits per heavy atom. The minimum atomic E-state index is -3.69. The summed E-state index contributed by atoms with van der Waals surface area (Å²) in [6.45, 7) is 2.46. The minimum Gasteiger partial charge on any atom is -0.497 e.